The molecule has 1 amide bonds. The van der Waals surface area contributed by atoms with E-state index in [0.29, 0.717) is 28.2 Å². The number of benzene rings is 3. The molecule has 0 spiro atoms. The number of hydrogen-bond donors (Lipinski definition) is 1. The first-order valence-corrected chi connectivity index (χ1v) is 11.2. The lowest BCUT2D eigenvalue weighted by Gasteiger charge is -2.15. The summed E-state index contributed by atoms with van der Waals surface area (Å²) in [6.07, 6.45) is 1.11. The quantitative estimate of drug-likeness (QED) is 0.453. The van der Waals surface area contributed by atoms with Crippen LogP contribution in [0.1, 0.15) is 24.5 Å². The number of carbonyl (C=O) groups excluding carboxylic acids is 1. The van der Waals surface area contributed by atoms with Crippen molar-refractivity contribution in [1.82, 2.24) is 14.5 Å². The maximum atomic E-state index is 13.5. The van der Waals surface area contributed by atoms with Gasteiger partial charge < -0.3 is 5.32 Å². The number of nitrogens with one attached hydrogen (secondary N) is 1. The largest absolute Gasteiger partial charge is 0.356 e. The first kappa shape index (κ1) is 22.6. The van der Waals surface area contributed by atoms with E-state index >= 15 is 0 Å². The van der Waals surface area contributed by atoms with Gasteiger partial charge in [0.25, 0.3) is 5.56 Å². The van der Waals surface area contributed by atoms with Gasteiger partial charge in [-0.25, -0.2) is 9.36 Å². The minimum atomic E-state index is -0.452. The van der Waals surface area contributed by atoms with E-state index < -0.39 is 5.69 Å². The fourth-order valence-corrected chi connectivity index (χ4v) is 3.97. The molecule has 6 nitrogen and oxygen atoms in total. The van der Waals surface area contributed by atoms with E-state index in [-0.39, 0.29) is 24.4 Å². The van der Waals surface area contributed by atoms with Crippen molar-refractivity contribution in [3.8, 4) is 5.69 Å². The fraction of sp³-hybridized carbons (Fsp3) is 0.192. The minimum absolute atomic E-state index is 0.0606. The average Bonchev–Trinajstić information content (AvgIpc) is 2.82. The smallest absolute Gasteiger partial charge is 0.336 e. The van der Waals surface area contributed by atoms with Crippen LogP contribution in [0.3, 0.4) is 0 Å². The number of hydrogen-bond acceptors (Lipinski definition) is 3. The summed E-state index contributed by atoms with van der Waals surface area (Å²) in [5.74, 6) is -0.0606. The molecule has 4 aromatic rings. The molecule has 0 radical (unpaired) electrons. The molecule has 0 unspecified atom stereocenters. The first-order chi connectivity index (χ1) is 16.0. The summed E-state index contributed by atoms with van der Waals surface area (Å²) in [6, 6.07) is 21.3. The van der Waals surface area contributed by atoms with E-state index in [0.717, 1.165) is 17.5 Å². The zero-order valence-corrected chi connectivity index (χ0v) is 19.0. The minimum Gasteiger partial charge on any atom is -0.356 e. The van der Waals surface area contributed by atoms with Gasteiger partial charge >= 0.3 is 5.69 Å². The van der Waals surface area contributed by atoms with Gasteiger partial charge in [-0.05, 0) is 47.9 Å². The molecule has 3 aromatic carbocycles. The van der Waals surface area contributed by atoms with Crippen LogP contribution in [0.25, 0.3) is 16.6 Å². The topological polar surface area (TPSA) is 73.1 Å². The number of nitrogens with zero attached hydrogens (tertiary/aromatic N) is 2. The van der Waals surface area contributed by atoms with E-state index in [1.54, 1.807) is 59.2 Å². The van der Waals surface area contributed by atoms with Gasteiger partial charge in [0.05, 0.1) is 29.6 Å². The molecule has 1 heterocycles. The van der Waals surface area contributed by atoms with E-state index in [9.17, 15) is 14.4 Å². The molecule has 0 fully saturated rings. The molecule has 4 rings (SSSR count). The van der Waals surface area contributed by atoms with Gasteiger partial charge in [0.2, 0.25) is 5.91 Å². The van der Waals surface area contributed by atoms with Crippen LogP contribution in [0.2, 0.25) is 5.02 Å². The molecule has 0 bridgehead atoms. The van der Waals surface area contributed by atoms with Crippen molar-refractivity contribution in [3.63, 3.8) is 0 Å². The van der Waals surface area contributed by atoms with Crippen molar-refractivity contribution < 1.29 is 4.79 Å². The second-order valence-corrected chi connectivity index (χ2v) is 8.22. The zero-order chi connectivity index (χ0) is 23.4. The van der Waals surface area contributed by atoms with Gasteiger partial charge in [0, 0.05) is 11.6 Å². The van der Waals surface area contributed by atoms with Crippen molar-refractivity contribution >= 4 is 28.4 Å². The molecular weight excluding hydrogens is 438 g/mol. The summed E-state index contributed by atoms with van der Waals surface area (Å²) in [5.41, 5.74) is 1.74. The van der Waals surface area contributed by atoms with Crippen molar-refractivity contribution in [2.75, 3.05) is 6.54 Å². The molecule has 0 aliphatic rings. The molecule has 1 N–H and O–H groups in total. The van der Waals surface area contributed by atoms with Crippen LogP contribution in [0.4, 0.5) is 0 Å². The maximum Gasteiger partial charge on any atom is 0.336 e. The highest BCUT2D eigenvalue weighted by atomic mass is 35.5. The lowest BCUT2D eigenvalue weighted by Crippen LogP contribution is -2.39. The SMILES string of the molecule is CCCNC(=O)Cc1ccc(-n2c(=O)c3ccccc3n(Cc3ccccc3Cl)c2=O)cc1. The number of rotatable bonds is 7. The standard InChI is InChI=1S/C26H24ClN3O3/c1-2-15-28-24(31)16-18-11-13-20(14-12-18)30-25(32)21-8-4-6-10-23(21)29(26(30)33)17-19-7-3-5-9-22(19)27/h3-14H,2,15-17H2,1H3,(H,28,31). The monoisotopic (exact) mass is 461 g/mol. The number of para-hydroxylation sites is 1. The third-order valence-corrected chi connectivity index (χ3v) is 5.84. The van der Waals surface area contributed by atoms with Crippen LogP contribution in [0.15, 0.2) is 82.4 Å². The van der Waals surface area contributed by atoms with Gasteiger partial charge in [-0.2, -0.15) is 0 Å². The lowest BCUT2D eigenvalue weighted by molar-refractivity contribution is -0.120. The van der Waals surface area contributed by atoms with Crippen molar-refractivity contribution in [3.05, 3.63) is 110 Å². The fourth-order valence-electron chi connectivity index (χ4n) is 3.77. The van der Waals surface area contributed by atoms with Gasteiger partial charge in [-0.15, -0.1) is 0 Å². The summed E-state index contributed by atoms with van der Waals surface area (Å²) < 4.78 is 2.73. The summed E-state index contributed by atoms with van der Waals surface area (Å²) >= 11 is 6.34. The third-order valence-electron chi connectivity index (χ3n) is 5.47. The number of fused-ring (bicyclic) bond motifs is 1. The Morgan fingerprint density at radius 3 is 2.36 bits per heavy atom. The highest BCUT2D eigenvalue weighted by Gasteiger charge is 2.15. The Hall–Kier alpha value is -3.64. The summed E-state index contributed by atoms with van der Waals surface area (Å²) in [6.45, 7) is 2.86. The number of aromatic nitrogens is 2. The van der Waals surface area contributed by atoms with Crippen molar-refractivity contribution in [2.24, 2.45) is 0 Å². The van der Waals surface area contributed by atoms with Crippen molar-refractivity contribution in [2.45, 2.75) is 26.3 Å². The van der Waals surface area contributed by atoms with Crippen LogP contribution in [0.5, 0.6) is 0 Å². The summed E-state index contributed by atoms with van der Waals surface area (Å²) in [4.78, 5) is 38.8. The molecule has 0 saturated heterocycles. The Bertz CT molecular complexity index is 1420. The van der Waals surface area contributed by atoms with E-state index in [4.69, 9.17) is 11.6 Å². The zero-order valence-electron chi connectivity index (χ0n) is 18.3. The first-order valence-electron chi connectivity index (χ1n) is 10.8. The molecule has 33 heavy (non-hydrogen) atoms. The molecule has 0 aliphatic carbocycles. The lowest BCUT2D eigenvalue weighted by atomic mass is 10.1. The van der Waals surface area contributed by atoms with E-state index in [1.165, 1.54) is 4.57 Å². The Balaban J connectivity index is 1.79. The van der Waals surface area contributed by atoms with Gasteiger partial charge in [0.15, 0.2) is 0 Å². The summed E-state index contributed by atoms with van der Waals surface area (Å²) in [5, 5.41) is 3.83. The molecule has 7 heteroatoms. The predicted octanol–water partition coefficient (Wildman–Crippen LogP) is 3.92. The second kappa shape index (κ2) is 9.88. The Kier molecular flexibility index (Phi) is 6.75. The Morgan fingerprint density at radius 1 is 0.939 bits per heavy atom. The second-order valence-electron chi connectivity index (χ2n) is 7.81. The van der Waals surface area contributed by atoms with Crippen LogP contribution < -0.4 is 16.6 Å². The predicted molar refractivity (Wildman–Crippen MR) is 131 cm³/mol. The number of halogens is 1. The van der Waals surface area contributed by atoms with Gasteiger partial charge in [-0.3, -0.25) is 14.2 Å². The Labute approximate surface area is 196 Å². The Morgan fingerprint density at radius 2 is 1.64 bits per heavy atom. The van der Waals surface area contributed by atoms with Gasteiger partial charge in [0.1, 0.15) is 0 Å². The number of carbonyl (C=O) groups is 1. The van der Waals surface area contributed by atoms with E-state index in [1.807, 2.05) is 25.1 Å². The van der Waals surface area contributed by atoms with Crippen molar-refractivity contribution in [1.29, 1.82) is 0 Å². The molecule has 0 atom stereocenters. The van der Waals surface area contributed by atoms with Crippen LogP contribution in [-0.4, -0.2) is 21.6 Å². The molecule has 0 saturated carbocycles. The maximum absolute atomic E-state index is 13.5. The van der Waals surface area contributed by atoms with Crippen LogP contribution >= 0.6 is 11.6 Å². The molecule has 168 valence electrons. The molecular formula is C26H24ClN3O3. The number of amides is 1. The van der Waals surface area contributed by atoms with Crippen LogP contribution in [0, 0.1) is 0 Å². The summed E-state index contributed by atoms with van der Waals surface area (Å²) in [7, 11) is 0. The molecule has 1 aromatic heterocycles. The van der Waals surface area contributed by atoms with Crippen LogP contribution in [-0.2, 0) is 17.8 Å². The van der Waals surface area contributed by atoms with E-state index in [2.05, 4.69) is 5.32 Å². The highest BCUT2D eigenvalue weighted by Crippen LogP contribution is 2.18. The van der Waals surface area contributed by atoms with Gasteiger partial charge in [-0.1, -0.05) is 61.0 Å². The average molecular weight is 462 g/mol. The highest BCUT2D eigenvalue weighted by molar-refractivity contribution is 6.31. The third kappa shape index (κ3) is 4.76. The molecule has 0 aliphatic heterocycles. The normalized spacial score (nSPS) is 11.0.